The summed E-state index contributed by atoms with van der Waals surface area (Å²) in [6.45, 7) is 7.74. The van der Waals surface area contributed by atoms with Gasteiger partial charge in [0.1, 0.15) is 17.3 Å². The molecule has 7 heteroatoms. The summed E-state index contributed by atoms with van der Waals surface area (Å²) >= 11 is 0. The number of carbonyl (C=O) groups excluding carboxylic acids is 2. The van der Waals surface area contributed by atoms with E-state index in [-0.39, 0.29) is 36.1 Å². The minimum Gasteiger partial charge on any atom is -0.481 e. The first kappa shape index (κ1) is 20.9. The number of piperazine rings is 1. The van der Waals surface area contributed by atoms with E-state index in [4.69, 9.17) is 4.74 Å². The van der Waals surface area contributed by atoms with E-state index in [1.807, 2.05) is 11.8 Å². The Morgan fingerprint density at radius 2 is 1.90 bits per heavy atom. The largest absolute Gasteiger partial charge is 0.481 e. The Kier molecular flexibility index (Phi) is 6.59. The molecule has 1 fully saturated rings. The molecule has 0 unspecified atom stereocenters. The molecular weight excluding hydrogens is 373 g/mol. The van der Waals surface area contributed by atoms with Crippen molar-refractivity contribution in [3.05, 3.63) is 59.2 Å². The van der Waals surface area contributed by atoms with E-state index in [0.29, 0.717) is 30.8 Å². The van der Waals surface area contributed by atoms with Gasteiger partial charge < -0.3 is 9.64 Å². The van der Waals surface area contributed by atoms with Crippen LogP contribution in [0.5, 0.6) is 5.75 Å². The summed E-state index contributed by atoms with van der Waals surface area (Å²) in [5.74, 6) is -0.0510. The van der Waals surface area contributed by atoms with Gasteiger partial charge in [-0.1, -0.05) is 12.1 Å². The van der Waals surface area contributed by atoms with Crippen molar-refractivity contribution in [2.75, 3.05) is 19.7 Å². The van der Waals surface area contributed by atoms with Crippen LogP contribution in [0.25, 0.3) is 0 Å². The van der Waals surface area contributed by atoms with Crippen molar-refractivity contribution in [1.82, 2.24) is 14.8 Å². The van der Waals surface area contributed by atoms with Gasteiger partial charge in [-0.2, -0.15) is 0 Å². The highest BCUT2D eigenvalue weighted by molar-refractivity contribution is 5.79. The van der Waals surface area contributed by atoms with Crippen molar-refractivity contribution in [1.29, 1.82) is 0 Å². The van der Waals surface area contributed by atoms with Crippen LogP contribution in [0.2, 0.25) is 0 Å². The Morgan fingerprint density at radius 1 is 1.17 bits per heavy atom. The molecule has 0 radical (unpaired) electrons. The maximum atomic E-state index is 13.1. The number of pyridine rings is 1. The van der Waals surface area contributed by atoms with Crippen molar-refractivity contribution in [2.45, 2.75) is 39.4 Å². The third-order valence-corrected chi connectivity index (χ3v) is 5.22. The van der Waals surface area contributed by atoms with Crippen LogP contribution < -0.4 is 4.74 Å². The number of aryl methyl sites for hydroxylation is 1. The summed E-state index contributed by atoms with van der Waals surface area (Å²) in [6.07, 6.45) is 0.631. The normalized spacial score (nSPS) is 19.8. The van der Waals surface area contributed by atoms with Gasteiger partial charge in [0, 0.05) is 37.4 Å². The van der Waals surface area contributed by atoms with Crippen LogP contribution in [0.4, 0.5) is 4.39 Å². The molecular formula is C22H26FN3O3. The summed E-state index contributed by atoms with van der Waals surface area (Å²) in [5, 5.41) is 0. The van der Waals surface area contributed by atoms with Gasteiger partial charge in [-0.25, -0.2) is 9.37 Å². The Morgan fingerprint density at radius 3 is 2.59 bits per heavy atom. The Balaban J connectivity index is 1.58. The minimum absolute atomic E-state index is 0.0180. The number of aldehydes is 1. The smallest absolute Gasteiger partial charge is 0.260 e. The van der Waals surface area contributed by atoms with Crippen LogP contribution >= 0.6 is 0 Å². The number of nitrogens with zero attached hydrogens (tertiary/aromatic N) is 3. The van der Waals surface area contributed by atoms with Crippen LogP contribution in [0.1, 0.15) is 35.6 Å². The molecule has 0 saturated carbocycles. The van der Waals surface area contributed by atoms with Gasteiger partial charge in [-0.3, -0.25) is 14.5 Å². The molecule has 0 bridgehead atoms. The van der Waals surface area contributed by atoms with Gasteiger partial charge in [0.15, 0.2) is 12.9 Å². The van der Waals surface area contributed by atoms with E-state index in [0.717, 1.165) is 12.1 Å². The third-order valence-electron chi connectivity index (χ3n) is 5.22. The fourth-order valence-corrected chi connectivity index (χ4v) is 3.58. The summed E-state index contributed by atoms with van der Waals surface area (Å²) < 4.78 is 18.7. The van der Waals surface area contributed by atoms with Gasteiger partial charge in [0.05, 0.1) is 0 Å². The molecule has 154 valence electrons. The van der Waals surface area contributed by atoms with Crippen LogP contribution in [-0.4, -0.2) is 58.8 Å². The summed E-state index contributed by atoms with van der Waals surface area (Å²) in [5.41, 5.74) is 1.95. The average molecular weight is 399 g/mol. The fraction of sp³-hybridized carbons (Fsp3) is 0.409. The van der Waals surface area contributed by atoms with Crippen LogP contribution in [0.15, 0.2) is 36.4 Å². The average Bonchev–Trinajstić information content (AvgIpc) is 2.70. The van der Waals surface area contributed by atoms with Gasteiger partial charge in [-0.15, -0.1) is 0 Å². The number of aromatic nitrogens is 1. The molecule has 1 aliphatic heterocycles. The zero-order valence-corrected chi connectivity index (χ0v) is 17.0. The molecule has 0 spiro atoms. The lowest BCUT2D eigenvalue weighted by Gasteiger charge is -2.44. The van der Waals surface area contributed by atoms with Crippen LogP contribution in [0.3, 0.4) is 0 Å². The number of ether oxygens (including phenoxy) is 1. The standard InChI is InChI=1S/C22H26FN3O3/c1-15-4-9-21(20(13-27)24-15)29-14-22(28)26-11-16(2)25(10-17(26)3)12-18-5-7-19(23)8-6-18/h4-9,13,16-17H,10-12,14H2,1-3H3/t16-,17+/m0/s1. The van der Waals surface area contributed by atoms with E-state index in [2.05, 4.69) is 16.8 Å². The van der Waals surface area contributed by atoms with Gasteiger partial charge in [-0.05, 0) is 50.6 Å². The number of halogens is 1. The van der Waals surface area contributed by atoms with Gasteiger partial charge in [0.25, 0.3) is 5.91 Å². The molecule has 1 aliphatic rings. The highest BCUT2D eigenvalue weighted by Crippen LogP contribution is 2.20. The van der Waals surface area contributed by atoms with Crippen molar-refractivity contribution < 1.29 is 18.7 Å². The zero-order valence-electron chi connectivity index (χ0n) is 17.0. The Labute approximate surface area is 170 Å². The third kappa shape index (κ3) is 5.17. The van der Waals surface area contributed by atoms with Gasteiger partial charge in [0.2, 0.25) is 0 Å². The zero-order chi connectivity index (χ0) is 21.0. The first-order valence-corrected chi connectivity index (χ1v) is 9.71. The molecule has 2 atom stereocenters. The number of hydrogen-bond donors (Lipinski definition) is 0. The predicted molar refractivity (Wildman–Crippen MR) is 107 cm³/mol. The van der Waals surface area contributed by atoms with Crippen LogP contribution in [-0.2, 0) is 11.3 Å². The molecule has 1 aromatic heterocycles. The lowest BCUT2D eigenvalue weighted by Crippen LogP contribution is -2.58. The topological polar surface area (TPSA) is 62.7 Å². The molecule has 1 saturated heterocycles. The fourth-order valence-electron chi connectivity index (χ4n) is 3.58. The SMILES string of the molecule is Cc1ccc(OCC(=O)N2C[C@H](C)N(Cc3ccc(F)cc3)C[C@H]2C)c(C=O)n1. The molecule has 6 nitrogen and oxygen atoms in total. The lowest BCUT2D eigenvalue weighted by molar-refractivity contribution is -0.139. The van der Waals surface area contributed by atoms with E-state index in [1.54, 1.807) is 31.2 Å². The quantitative estimate of drug-likeness (QED) is 0.699. The Hall–Kier alpha value is -2.80. The number of carbonyl (C=O) groups is 2. The van der Waals surface area contributed by atoms with Crippen molar-refractivity contribution in [3.8, 4) is 5.75 Å². The second kappa shape index (κ2) is 9.13. The number of rotatable bonds is 6. The molecule has 0 N–H and O–H groups in total. The lowest BCUT2D eigenvalue weighted by atomic mass is 10.1. The first-order chi connectivity index (χ1) is 13.9. The number of benzene rings is 1. The maximum Gasteiger partial charge on any atom is 0.260 e. The predicted octanol–water partition coefficient (Wildman–Crippen LogP) is 2.84. The van der Waals surface area contributed by atoms with E-state index in [1.165, 1.54) is 12.1 Å². The molecule has 2 aromatic rings. The second-order valence-electron chi connectivity index (χ2n) is 7.54. The molecule has 0 aliphatic carbocycles. The molecule has 2 heterocycles. The number of amides is 1. The monoisotopic (exact) mass is 399 g/mol. The van der Waals surface area contributed by atoms with E-state index < -0.39 is 0 Å². The summed E-state index contributed by atoms with van der Waals surface area (Å²) in [7, 11) is 0. The minimum atomic E-state index is -0.243. The molecule has 1 aromatic carbocycles. The molecule has 1 amide bonds. The highest BCUT2D eigenvalue weighted by Gasteiger charge is 2.32. The van der Waals surface area contributed by atoms with Gasteiger partial charge >= 0.3 is 0 Å². The van der Waals surface area contributed by atoms with Crippen molar-refractivity contribution in [3.63, 3.8) is 0 Å². The Bertz CT molecular complexity index is 872. The molecule has 3 rings (SSSR count). The summed E-state index contributed by atoms with van der Waals surface area (Å²) in [6, 6.07) is 10.1. The highest BCUT2D eigenvalue weighted by atomic mass is 19.1. The second-order valence-corrected chi connectivity index (χ2v) is 7.54. The summed E-state index contributed by atoms with van der Waals surface area (Å²) in [4.78, 5) is 32.1. The number of hydrogen-bond acceptors (Lipinski definition) is 5. The first-order valence-electron chi connectivity index (χ1n) is 9.71. The molecule has 29 heavy (non-hydrogen) atoms. The van der Waals surface area contributed by atoms with Crippen molar-refractivity contribution >= 4 is 12.2 Å². The van der Waals surface area contributed by atoms with E-state index >= 15 is 0 Å². The maximum absolute atomic E-state index is 13.1. The van der Waals surface area contributed by atoms with Crippen molar-refractivity contribution in [2.24, 2.45) is 0 Å². The van der Waals surface area contributed by atoms with Crippen LogP contribution in [0, 0.1) is 12.7 Å². The van der Waals surface area contributed by atoms with E-state index in [9.17, 15) is 14.0 Å².